The highest BCUT2D eigenvalue weighted by molar-refractivity contribution is 5.84. The van der Waals surface area contributed by atoms with Gasteiger partial charge in [-0.3, -0.25) is 4.68 Å². The van der Waals surface area contributed by atoms with Gasteiger partial charge in [0, 0.05) is 13.1 Å². The summed E-state index contributed by atoms with van der Waals surface area (Å²) in [5.41, 5.74) is 1.66. The minimum absolute atomic E-state index is 0.0582. The average Bonchev–Trinajstić information content (AvgIpc) is 2.93. The number of carboxylic acids is 1. The number of carboxylic acid groups (broad SMARTS) is 1. The molecule has 7 heteroatoms. The van der Waals surface area contributed by atoms with Crippen LogP contribution in [0.1, 0.15) is 21.6 Å². The Morgan fingerprint density at radius 2 is 2.15 bits per heavy atom. The van der Waals surface area contributed by atoms with Gasteiger partial charge in [0.1, 0.15) is 0 Å². The molecule has 102 valence electrons. The number of aromatic carboxylic acids is 1. The van der Waals surface area contributed by atoms with E-state index in [-0.39, 0.29) is 5.69 Å². The van der Waals surface area contributed by atoms with Crippen molar-refractivity contribution in [1.29, 1.82) is 5.26 Å². The Kier molecular flexibility index (Phi) is 4.42. The predicted octanol–water partition coefficient (Wildman–Crippen LogP) is 0.638. The maximum atomic E-state index is 10.6. The monoisotopic (exact) mass is 271 g/mol. The Morgan fingerprint density at radius 3 is 2.75 bits per heavy atom. The van der Waals surface area contributed by atoms with E-state index in [1.807, 2.05) is 12.1 Å². The molecule has 2 N–H and O–H groups in total. The molecule has 0 saturated carbocycles. The molecule has 0 radical (unpaired) electrons. The second-order valence-electron chi connectivity index (χ2n) is 4.16. The van der Waals surface area contributed by atoms with Gasteiger partial charge in [-0.25, -0.2) is 4.79 Å². The summed E-state index contributed by atoms with van der Waals surface area (Å²) in [6.45, 7) is 1.85. The first-order chi connectivity index (χ1) is 9.69. The fourth-order valence-corrected chi connectivity index (χ4v) is 1.63. The van der Waals surface area contributed by atoms with Gasteiger partial charge >= 0.3 is 5.97 Å². The number of nitrogens with zero attached hydrogens (tertiary/aromatic N) is 4. The minimum atomic E-state index is -1.08. The molecular formula is C13H13N5O2. The maximum absolute atomic E-state index is 10.6. The van der Waals surface area contributed by atoms with Crippen LogP contribution in [-0.4, -0.2) is 32.6 Å². The number of nitrogens with one attached hydrogen (secondary N) is 1. The SMILES string of the molecule is N#Cc1ccc(CNCCn2cc(C(=O)O)nn2)cc1. The molecule has 0 bridgehead atoms. The highest BCUT2D eigenvalue weighted by Gasteiger charge is 2.07. The molecular weight excluding hydrogens is 258 g/mol. The minimum Gasteiger partial charge on any atom is -0.476 e. The molecule has 0 atom stereocenters. The Balaban J connectivity index is 1.75. The van der Waals surface area contributed by atoms with Crippen LogP contribution < -0.4 is 5.32 Å². The van der Waals surface area contributed by atoms with Gasteiger partial charge in [0.2, 0.25) is 0 Å². The number of aromatic nitrogens is 3. The number of hydrogen-bond donors (Lipinski definition) is 2. The number of nitriles is 1. The van der Waals surface area contributed by atoms with Gasteiger partial charge in [-0.1, -0.05) is 17.3 Å². The fraction of sp³-hybridized carbons (Fsp3) is 0.231. The average molecular weight is 271 g/mol. The summed E-state index contributed by atoms with van der Waals surface area (Å²) in [6, 6.07) is 9.40. The molecule has 1 aromatic heterocycles. The lowest BCUT2D eigenvalue weighted by atomic mass is 10.1. The first-order valence-electron chi connectivity index (χ1n) is 6.02. The van der Waals surface area contributed by atoms with Crippen molar-refractivity contribution in [3.05, 3.63) is 47.3 Å². The van der Waals surface area contributed by atoms with Crippen LogP contribution in [0.2, 0.25) is 0 Å². The van der Waals surface area contributed by atoms with Crippen molar-refractivity contribution in [3.63, 3.8) is 0 Å². The molecule has 1 aromatic carbocycles. The van der Waals surface area contributed by atoms with Crippen LogP contribution in [0.4, 0.5) is 0 Å². The highest BCUT2D eigenvalue weighted by Crippen LogP contribution is 2.02. The van der Waals surface area contributed by atoms with E-state index in [1.165, 1.54) is 10.9 Å². The first-order valence-corrected chi connectivity index (χ1v) is 6.02. The second kappa shape index (κ2) is 6.45. The van der Waals surface area contributed by atoms with Crippen molar-refractivity contribution >= 4 is 5.97 Å². The van der Waals surface area contributed by atoms with Crippen LogP contribution in [0.25, 0.3) is 0 Å². The van der Waals surface area contributed by atoms with E-state index < -0.39 is 5.97 Å². The molecule has 1 heterocycles. The summed E-state index contributed by atoms with van der Waals surface area (Å²) in [4.78, 5) is 10.6. The summed E-state index contributed by atoms with van der Waals surface area (Å²) in [6.07, 6.45) is 1.39. The highest BCUT2D eigenvalue weighted by atomic mass is 16.4. The molecule has 0 spiro atoms. The number of benzene rings is 1. The Labute approximate surface area is 115 Å². The number of rotatable bonds is 6. The maximum Gasteiger partial charge on any atom is 0.358 e. The normalized spacial score (nSPS) is 10.2. The van der Waals surface area contributed by atoms with E-state index in [0.717, 1.165) is 5.56 Å². The third-order valence-electron chi connectivity index (χ3n) is 2.69. The summed E-state index contributed by atoms with van der Waals surface area (Å²) in [7, 11) is 0. The van der Waals surface area contributed by atoms with E-state index in [4.69, 9.17) is 10.4 Å². The van der Waals surface area contributed by atoms with E-state index >= 15 is 0 Å². The third-order valence-corrected chi connectivity index (χ3v) is 2.69. The van der Waals surface area contributed by atoms with Gasteiger partial charge in [0.05, 0.1) is 24.4 Å². The lowest BCUT2D eigenvalue weighted by Gasteiger charge is -2.04. The van der Waals surface area contributed by atoms with Crippen LogP contribution in [0.15, 0.2) is 30.5 Å². The van der Waals surface area contributed by atoms with Gasteiger partial charge in [-0.2, -0.15) is 5.26 Å². The Hall–Kier alpha value is -2.72. The summed E-state index contributed by atoms with van der Waals surface area (Å²) >= 11 is 0. The quantitative estimate of drug-likeness (QED) is 0.747. The number of hydrogen-bond acceptors (Lipinski definition) is 5. The van der Waals surface area contributed by atoms with Gasteiger partial charge in [-0.05, 0) is 17.7 Å². The van der Waals surface area contributed by atoms with Gasteiger partial charge in [0.15, 0.2) is 5.69 Å². The van der Waals surface area contributed by atoms with E-state index in [0.29, 0.717) is 25.2 Å². The smallest absolute Gasteiger partial charge is 0.358 e. The molecule has 20 heavy (non-hydrogen) atoms. The van der Waals surface area contributed by atoms with Crippen molar-refractivity contribution < 1.29 is 9.90 Å². The predicted molar refractivity (Wildman–Crippen MR) is 69.8 cm³/mol. The van der Waals surface area contributed by atoms with Crippen LogP contribution in [0.5, 0.6) is 0 Å². The zero-order chi connectivity index (χ0) is 14.4. The van der Waals surface area contributed by atoms with Crippen molar-refractivity contribution in [2.75, 3.05) is 6.54 Å². The fourth-order valence-electron chi connectivity index (χ4n) is 1.63. The Bertz CT molecular complexity index is 627. The molecule has 0 fully saturated rings. The standard InChI is InChI=1S/C13H13N5O2/c14-7-10-1-3-11(4-2-10)8-15-5-6-18-9-12(13(19)20)16-17-18/h1-4,9,15H,5-6,8H2,(H,19,20). The Morgan fingerprint density at radius 1 is 1.40 bits per heavy atom. The van der Waals surface area contributed by atoms with Crippen molar-refractivity contribution in [2.24, 2.45) is 0 Å². The molecule has 0 aliphatic heterocycles. The summed E-state index contributed by atoms with van der Waals surface area (Å²) < 4.78 is 1.48. The first kappa shape index (κ1) is 13.7. The second-order valence-corrected chi connectivity index (χ2v) is 4.16. The lowest BCUT2D eigenvalue weighted by molar-refractivity contribution is 0.0690. The number of carbonyl (C=O) groups is 1. The van der Waals surface area contributed by atoms with E-state index in [9.17, 15) is 4.79 Å². The van der Waals surface area contributed by atoms with Crippen molar-refractivity contribution in [1.82, 2.24) is 20.3 Å². The van der Waals surface area contributed by atoms with Crippen molar-refractivity contribution in [2.45, 2.75) is 13.1 Å². The molecule has 0 unspecified atom stereocenters. The van der Waals surface area contributed by atoms with Crippen molar-refractivity contribution in [3.8, 4) is 6.07 Å². The third kappa shape index (κ3) is 3.63. The summed E-state index contributed by atoms with van der Waals surface area (Å²) in [5, 5.41) is 27.8. The van der Waals surface area contributed by atoms with Crippen LogP contribution in [0, 0.1) is 11.3 Å². The molecule has 2 aromatic rings. The van der Waals surface area contributed by atoms with E-state index in [2.05, 4.69) is 21.7 Å². The lowest BCUT2D eigenvalue weighted by Crippen LogP contribution is -2.19. The van der Waals surface area contributed by atoms with Gasteiger partial charge in [0.25, 0.3) is 0 Å². The van der Waals surface area contributed by atoms with Gasteiger partial charge < -0.3 is 10.4 Å². The molecule has 0 amide bonds. The molecule has 7 nitrogen and oxygen atoms in total. The zero-order valence-corrected chi connectivity index (χ0v) is 10.7. The summed E-state index contributed by atoms with van der Waals surface area (Å²) in [5.74, 6) is -1.08. The van der Waals surface area contributed by atoms with Crippen LogP contribution in [0.3, 0.4) is 0 Å². The van der Waals surface area contributed by atoms with Crippen LogP contribution in [-0.2, 0) is 13.1 Å². The molecule has 0 aliphatic carbocycles. The molecule has 0 saturated heterocycles. The van der Waals surface area contributed by atoms with E-state index in [1.54, 1.807) is 12.1 Å². The molecule has 2 rings (SSSR count). The topological polar surface area (TPSA) is 104 Å². The zero-order valence-electron chi connectivity index (χ0n) is 10.7. The molecule has 0 aliphatic rings. The largest absolute Gasteiger partial charge is 0.476 e. The van der Waals surface area contributed by atoms with Gasteiger partial charge in [-0.15, -0.1) is 5.10 Å². The van der Waals surface area contributed by atoms with Crippen LogP contribution >= 0.6 is 0 Å².